The normalized spacial score (nSPS) is 13.2. The van der Waals surface area contributed by atoms with Crippen LogP contribution in [-0.2, 0) is 9.59 Å². The number of thiophene rings is 1. The maximum atomic E-state index is 12.4. The number of rotatable bonds is 9. The molecule has 0 saturated heterocycles. The third-order valence-electron chi connectivity index (χ3n) is 3.25. The van der Waals surface area contributed by atoms with Crippen molar-refractivity contribution >= 4 is 29.1 Å². The molecule has 3 N–H and O–H groups in total. The van der Waals surface area contributed by atoms with E-state index in [1.807, 2.05) is 0 Å². The van der Waals surface area contributed by atoms with Crippen molar-refractivity contribution in [2.24, 2.45) is 5.92 Å². The van der Waals surface area contributed by atoms with Crippen LogP contribution < -0.4 is 10.6 Å². The van der Waals surface area contributed by atoms with Gasteiger partial charge in [-0.3, -0.25) is 9.59 Å². The van der Waals surface area contributed by atoms with Gasteiger partial charge in [0.05, 0.1) is 4.88 Å². The van der Waals surface area contributed by atoms with Crippen molar-refractivity contribution in [2.45, 2.75) is 38.8 Å². The molecule has 1 rings (SSSR count). The Labute approximate surface area is 139 Å². The molecule has 0 spiro atoms. The van der Waals surface area contributed by atoms with E-state index in [2.05, 4.69) is 17.2 Å². The lowest BCUT2D eigenvalue weighted by molar-refractivity contribution is -0.142. The van der Waals surface area contributed by atoms with E-state index in [9.17, 15) is 14.4 Å². The van der Waals surface area contributed by atoms with Gasteiger partial charge in [-0.25, -0.2) is 4.79 Å². The van der Waals surface area contributed by atoms with Crippen molar-refractivity contribution in [1.82, 2.24) is 10.6 Å². The summed E-state index contributed by atoms with van der Waals surface area (Å²) in [6.07, 6.45) is 2.33. The predicted molar refractivity (Wildman–Crippen MR) is 89.4 cm³/mol. The summed E-state index contributed by atoms with van der Waals surface area (Å²) >= 11 is 1.28. The minimum absolute atomic E-state index is 0.173. The molecule has 0 aromatic carbocycles. The lowest BCUT2D eigenvalue weighted by Gasteiger charge is -2.23. The average Bonchev–Trinajstić information content (AvgIpc) is 3.02. The zero-order valence-corrected chi connectivity index (χ0v) is 14.1. The second-order valence-corrected chi connectivity index (χ2v) is 6.39. The molecule has 7 heteroatoms. The van der Waals surface area contributed by atoms with Crippen LogP contribution in [-0.4, -0.2) is 35.0 Å². The molecule has 1 aromatic heterocycles. The van der Waals surface area contributed by atoms with E-state index in [0.717, 1.165) is 0 Å². The van der Waals surface area contributed by atoms with Crippen molar-refractivity contribution in [3.05, 3.63) is 35.0 Å². The summed E-state index contributed by atoms with van der Waals surface area (Å²) in [6, 6.07) is 1.62. The summed E-state index contributed by atoms with van der Waals surface area (Å²) in [4.78, 5) is 36.2. The highest BCUT2D eigenvalue weighted by molar-refractivity contribution is 7.12. The van der Waals surface area contributed by atoms with Gasteiger partial charge in [-0.15, -0.1) is 17.9 Å². The zero-order valence-electron chi connectivity index (χ0n) is 13.2. The number of hydrogen-bond donors (Lipinski definition) is 3. The van der Waals surface area contributed by atoms with Gasteiger partial charge in [-0.1, -0.05) is 26.0 Å². The van der Waals surface area contributed by atoms with Gasteiger partial charge in [0.25, 0.3) is 5.91 Å². The summed E-state index contributed by atoms with van der Waals surface area (Å²) in [5.41, 5.74) is 0. The highest BCUT2D eigenvalue weighted by Crippen LogP contribution is 2.11. The van der Waals surface area contributed by atoms with Gasteiger partial charge in [-0.05, 0) is 30.2 Å². The fourth-order valence-electron chi connectivity index (χ4n) is 1.96. The quantitative estimate of drug-likeness (QED) is 0.600. The molecule has 0 aliphatic carbocycles. The standard InChI is InChI=1S/C16H22N2O4S/c1-4-5-7-11(16(21)22)17-15(20)13(10(2)3)18-14(19)12-8-6-9-23-12/h4,6,8-11,13H,1,5,7H2,2-3H3,(H,17,20)(H,18,19)(H,21,22). The Kier molecular flexibility index (Phi) is 7.47. The number of allylic oxidation sites excluding steroid dienone is 1. The highest BCUT2D eigenvalue weighted by atomic mass is 32.1. The summed E-state index contributed by atoms with van der Waals surface area (Å²) in [6.45, 7) is 7.12. The van der Waals surface area contributed by atoms with Gasteiger partial charge in [0.1, 0.15) is 12.1 Å². The second kappa shape index (κ2) is 9.09. The van der Waals surface area contributed by atoms with E-state index in [0.29, 0.717) is 11.3 Å². The fraction of sp³-hybridized carbons (Fsp3) is 0.438. The molecule has 0 saturated carbocycles. The van der Waals surface area contributed by atoms with Crippen molar-refractivity contribution in [2.75, 3.05) is 0 Å². The van der Waals surface area contributed by atoms with Crippen LogP contribution in [0.2, 0.25) is 0 Å². The molecule has 1 heterocycles. The number of carbonyl (C=O) groups excluding carboxylic acids is 2. The lowest BCUT2D eigenvalue weighted by Crippen LogP contribution is -2.53. The molecule has 2 amide bonds. The Hall–Kier alpha value is -2.15. The summed E-state index contributed by atoms with van der Waals surface area (Å²) in [5.74, 6) is -2.12. The van der Waals surface area contributed by atoms with Crippen molar-refractivity contribution < 1.29 is 19.5 Å². The zero-order chi connectivity index (χ0) is 17.4. The predicted octanol–water partition coefficient (Wildman–Crippen LogP) is 2.04. The smallest absolute Gasteiger partial charge is 0.326 e. The first kappa shape index (κ1) is 18.9. The van der Waals surface area contributed by atoms with Crippen LogP contribution in [0.1, 0.15) is 36.4 Å². The fourth-order valence-corrected chi connectivity index (χ4v) is 2.59. The van der Waals surface area contributed by atoms with Crippen LogP contribution in [0.15, 0.2) is 30.2 Å². The van der Waals surface area contributed by atoms with Crippen molar-refractivity contribution in [3.8, 4) is 0 Å². The third-order valence-corrected chi connectivity index (χ3v) is 4.12. The number of aliphatic carboxylic acids is 1. The topological polar surface area (TPSA) is 95.5 Å². The molecular formula is C16H22N2O4S. The number of nitrogens with one attached hydrogen (secondary N) is 2. The van der Waals surface area contributed by atoms with Crippen molar-refractivity contribution in [1.29, 1.82) is 0 Å². The molecule has 2 unspecified atom stereocenters. The van der Waals surface area contributed by atoms with Crippen LogP contribution in [0.5, 0.6) is 0 Å². The van der Waals surface area contributed by atoms with E-state index in [1.54, 1.807) is 37.4 Å². The van der Waals surface area contributed by atoms with Crippen LogP contribution >= 0.6 is 11.3 Å². The first-order chi connectivity index (χ1) is 10.9. The van der Waals surface area contributed by atoms with Gasteiger partial charge in [0.15, 0.2) is 0 Å². The van der Waals surface area contributed by atoms with Crippen molar-refractivity contribution in [3.63, 3.8) is 0 Å². The van der Waals surface area contributed by atoms with Gasteiger partial charge >= 0.3 is 5.97 Å². The molecule has 0 fully saturated rings. The molecule has 0 bridgehead atoms. The van der Waals surface area contributed by atoms with E-state index >= 15 is 0 Å². The monoisotopic (exact) mass is 338 g/mol. The van der Waals surface area contributed by atoms with Gasteiger partial charge in [-0.2, -0.15) is 0 Å². The average molecular weight is 338 g/mol. The minimum Gasteiger partial charge on any atom is -0.480 e. The second-order valence-electron chi connectivity index (χ2n) is 5.44. The molecule has 0 radical (unpaired) electrons. The number of carboxylic acid groups (broad SMARTS) is 1. The van der Waals surface area contributed by atoms with Gasteiger partial charge < -0.3 is 15.7 Å². The Morgan fingerprint density at radius 2 is 2.04 bits per heavy atom. The molecular weight excluding hydrogens is 316 g/mol. The summed E-state index contributed by atoms with van der Waals surface area (Å²) in [7, 11) is 0. The number of amides is 2. The van der Waals surface area contributed by atoms with E-state index < -0.39 is 24.0 Å². The summed E-state index contributed by atoms with van der Waals surface area (Å²) in [5, 5.41) is 16.1. The van der Waals surface area contributed by atoms with Gasteiger partial charge in [0, 0.05) is 0 Å². The first-order valence-corrected chi connectivity index (χ1v) is 8.23. The molecule has 23 heavy (non-hydrogen) atoms. The van der Waals surface area contributed by atoms with Crippen LogP contribution in [0.25, 0.3) is 0 Å². The van der Waals surface area contributed by atoms with E-state index in [-0.39, 0.29) is 18.2 Å². The van der Waals surface area contributed by atoms with E-state index in [4.69, 9.17) is 5.11 Å². The maximum Gasteiger partial charge on any atom is 0.326 e. The number of carboxylic acids is 1. The molecule has 0 aliphatic heterocycles. The first-order valence-electron chi connectivity index (χ1n) is 7.35. The van der Waals surface area contributed by atoms with Crippen LogP contribution in [0.3, 0.4) is 0 Å². The minimum atomic E-state index is -1.10. The molecule has 0 aliphatic rings. The Morgan fingerprint density at radius 3 is 2.52 bits per heavy atom. The number of hydrogen-bond acceptors (Lipinski definition) is 4. The van der Waals surface area contributed by atoms with Crippen LogP contribution in [0.4, 0.5) is 0 Å². The maximum absolute atomic E-state index is 12.4. The van der Waals surface area contributed by atoms with E-state index in [1.165, 1.54) is 11.3 Å². The Bertz CT molecular complexity index is 554. The molecule has 2 atom stereocenters. The molecule has 126 valence electrons. The molecule has 1 aromatic rings. The molecule has 6 nitrogen and oxygen atoms in total. The summed E-state index contributed by atoms with van der Waals surface area (Å²) < 4.78 is 0. The van der Waals surface area contributed by atoms with Crippen LogP contribution in [0, 0.1) is 5.92 Å². The largest absolute Gasteiger partial charge is 0.480 e. The highest BCUT2D eigenvalue weighted by Gasteiger charge is 2.28. The SMILES string of the molecule is C=CCCC(NC(=O)C(NC(=O)c1cccs1)C(C)C)C(=O)O. The number of carbonyl (C=O) groups is 3. The Balaban J connectivity index is 2.75. The lowest BCUT2D eigenvalue weighted by atomic mass is 10.0. The van der Waals surface area contributed by atoms with Gasteiger partial charge in [0.2, 0.25) is 5.91 Å². The third kappa shape index (κ3) is 5.86. The Morgan fingerprint density at radius 1 is 1.35 bits per heavy atom.